The van der Waals surface area contributed by atoms with E-state index in [0.717, 1.165) is 22.2 Å². The highest BCUT2D eigenvalue weighted by Crippen LogP contribution is 2.21. The predicted octanol–water partition coefficient (Wildman–Crippen LogP) is 3.74. The highest BCUT2D eigenvalue weighted by molar-refractivity contribution is 9.11. The number of carbonyl (C=O) groups excluding carboxylic acids is 1. The number of rotatable bonds is 5. The van der Waals surface area contributed by atoms with Gasteiger partial charge in [0.1, 0.15) is 6.61 Å². The van der Waals surface area contributed by atoms with Crippen LogP contribution in [0.15, 0.2) is 15.2 Å². The van der Waals surface area contributed by atoms with Crippen molar-refractivity contribution in [3.63, 3.8) is 0 Å². The molecule has 14 heavy (non-hydrogen) atoms. The van der Waals surface area contributed by atoms with Crippen LogP contribution in [0.4, 0.5) is 0 Å². The number of hydrogen-bond donors (Lipinski definition) is 0. The van der Waals surface area contributed by atoms with Crippen LogP contribution in [0.5, 0.6) is 0 Å². The lowest BCUT2D eigenvalue weighted by Crippen LogP contribution is -2.03. The SMILES string of the molecule is CCCCC(=O)OCc1csc(Br)c1. The first-order valence-corrected chi connectivity index (χ1v) is 6.28. The van der Waals surface area contributed by atoms with Crippen molar-refractivity contribution >= 4 is 33.2 Å². The number of esters is 1. The number of thiophene rings is 1. The lowest BCUT2D eigenvalue weighted by atomic mass is 10.2. The summed E-state index contributed by atoms with van der Waals surface area (Å²) in [6.07, 6.45) is 2.47. The van der Waals surface area contributed by atoms with Crippen molar-refractivity contribution in [1.29, 1.82) is 0 Å². The van der Waals surface area contributed by atoms with E-state index in [0.29, 0.717) is 13.0 Å². The molecule has 0 atom stereocenters. The summed E-state index contributed by atoms with van der Waals surface area (Å²) >= 11 is 4.96. The standard InChI is InChI=1S/C10H13BrO2S/c1-2-3-4-10(12)13-6-8-5-9(11)14-7-8/h5,7H,2-4,6H2,1H3. The number of hydrogen-bond acceptors (Lipinski definition) is 3. The fourth-order valence-electron chi connectivity index (χ4n) is 0.979. The Morgan fingerprint density at radius 1 is 1.64 bits per heavy atom. The molecule has 0 fully saturated rings. The number of unbranched alkanes of at least 4 members (excludes halogenated alkanes) is 1. The Morgan fingerprint density at radius 3 is 3.00 bits per heavy atom. The molecule has 1 aromatic heterocycles. The minimum absolute atomic E-state index is 0.103. The van der Waals surface area contributed by atoms with E-state index in [2.05, 4.69) is 22.9 Å². The topological polar surface area (TPSA) is 26.3 Å². The molecule has 1 rings (SSSR count). The van der Waals surface area contributed by atoms with E-state index in [1.165, 1.54) is 0 Å². The fraction of sp³-hybridized carbons (Fsp3) is 0.500. The van der Waals surface area contributed by atoms with E-state index in [1.54, 1.807) is 11.3 Å². The second-order valence-corrected chi connectivity index (χ2v) is 5.31. The van der Waals surface area contributed by atoms with Crippen molar-refractivity contribution in [3.8, 4) is 0 Å². The summed E-state index contributed by atoms with van der Waals surface area (Å²) in [6, 6.07) is 1.97. The molecule has 0 amide bonds. The molecule has 0 aliphatic carbocycles. The molecule has 2 nitrogen and oxygen atoms in total. The molecule has 0 bridgehead atoms. The van der Waals surface area contributed by atoms with Gasteiger partial charge in [0.15, 0.2) is 0 Å². The van der Waals surface area contributed by atoms with Gasteiger partial charge < -0.3 is 4.74 Å². The molecule has 0 saturated carbocycles. The smallest absolute Gasteiger partial charge is 0.306 e. The first-order valence-electron chi connectivity index (χ1n) is 4.61. The summed E-state index contributed by atoms with van der Waals surface area (Å²) in [5.74, 6) is -0.103. The van der Waals surface area contributed by atoms with Crippen LogP contribution in [0.3, 0.4) is 0 Å². The van der Waals surface area contributed by atoms with Crippen LogP contribution in [0, 0.1) is 0 Å². The van der Waals surface area contributed by atoms with Crippen LogP contribution in [0.25, 0.3) is 0 Å². The van der Waals surface area contributed by atoms with Gasteiger partial charge in [0, 0.05) is 12.0 Å². The average molecular weight is 277 g/mol. The Balaban J connectivity index is 2.23. The summed E-state index contributed by atoms with van der Waals surface area (Å²) in [7, 11) is 0. The molecule has 0 aliphatic heterocycles. The van der Waals surface area contributed by atoms with Crippen molar-refractivity contribution in [3.05, 3.63) is 20.8 Å². The van der Waals surface area contributed by atoms with Gasteiger partial charge in [0.05, 0.1) is 3.79 Å². The van der Waals surface area contributed by atoms with Crippen molar-refractivity contribution in [2.75, 3.05) is 0 Å². The van der Waals surface area contributed by atoms with E-state index < -0.39 is 0 Å². The maximum Gasteiger partial charge on any atom is 0.306 e. The molecule has 0 unspecified atom stereocenters. The molecule has 1 heterocycles. The Labute approximate surface area is 96.4 Å². The van der Waals surface area contributed by atoms with E-state index in [9.17, 15) is 4.79 Å². The van der Waals surface area contributed by atoms with Crippen LogP contribution in [-0.4, -0.2) is 5.97 Å². The van der Waals surface area contributed by atoms with Gasteiger partial charge in [-0.2, -0.15) is 0 Å². The van der Waals surface area contributed by atoms with Crippen LogP contribution >= 0.6 is 27.3 Å². The zero-order chi connectivity index (χ0) is 10.4. The van der Waals surface area contributed by atoms with E-state index in [1.807, 2.05) is 11.4 Å². The van der Waals surface area contributed by atoms with E-state index >= 15 is 0 Å². The van der Waals surface area contributed by atoms with Gasteiger partial charge in [0.2, 0.25) is 0 Å². The average Bonchev–Trinajstić information content (AvgIpc) is 2.58. The minimum atomic E-state index is -0.103. The largest absolute Gasteiger partial charge is 0.461 e. The highest BCUT2D eigenvalue weighted by atomic mass is 79.9. The van der Waals surface area contributed by atoms with Crippen molar-refractivity contribution in [1.82, 2.24) is 0 Å². The summed E-state index contributed by atoms with van der Waals surface area (Å²) in [5.41, 5.74) is 1.05. The summed E-state index contributed by atoms with van der Waals surface area (Å²) in [6.45, 7) is 2.45. The monoisotopic (exact) mass is 276 g/mol. The third-order valence-electron chi connectivity index (χ3n) is 1.76. The first kappa shape index (κ1) is 11.7. The molecule has 0 saturated heterocycles. The Bertz CT molecular complexity index is 296. The van der Waals surface area contributed by atoms with Gasteiger partial charge in [-0.05, 0) is 33.8 Å². The van der Waals surface area contributed by atoms with Crippen LogP contribution in [0.1, 0.15) is 31.7 Å². The quantitative estimate of drug-likeness (QED) is 0.766. The van der Waals surface area contributed by atoms with Gasteiger partial charge in [-0.1, -0.05) is 13.3 Å². The van der Waals surface area contributed by atoms with Crippen LogP contribution < -0.4 is 0 Å². The second-order valence-electron chi connectivity index (χ2n) is 3.02. The third kappa shape index (κ3) is 4.24. The summed E-state index contributed by atoms with van der Waals surface area (Å²) in [5, 5.41) is 1.98. The van der Waals surface area contributed by atoms with E-state index in [4.69, 9.17) is 4.74 Å². The Morgan fingerprint density at radius 2 is 2.43 bits per heavy atom. The Kier molecular flexibility index (Phi) is 5.19. The summed E-state index contributed by atoms with van der Waals surface area (Å²) in [4.78, 5) is 11.2. The zero-order valence-corrected chi connectivity index (χ0v) is 10.5. The highest BCUT2D eigenvalue weighted by Gasteiger charge is 2.03. The van der Waals surface area contributed by atoms with Crippen molar-refractivity contribution in [2.45, 2.75) is 32.8 Å². The van der Waals surface area contributed by atoms with Crippen LogP contribution in [0.2, 0.25) is 0 Å². The molecular weight excluding hydrogens is 264 g/mol. The van der Waals surface area contributed by atoms with Crippen molar-refractivity contribution in [2.24, 2.45) is 0 Å². The lowest BCUT2D eigenvalue weighted by Gasteiger charge is -2.01. The number of ether oxygens (including phenoxy) is 1. The molecule has 4 heteroatoms. The molecule has 0 radical (unpaired) electrons. The number of halogens is 1. The molecule has 1 aromatic rings. The predicted molar refractivity (Wildman–Crippen MR) is 61.3 cm³/mol. The van der Waals surface area contributed by atoms with Gasteiger partial charge in [-0.25, -0.2) is 0 Å². The first-order chi connectivity index (χ1) is 6.72. The van der Waals surface area contributed by atoms with Crippen LogP contribution in [-0.2, 0) is 16.1 Å². The normalized spacial score (nSPS) is 10.1. The summed E-state index contributed by atoms with van der Waals surface area (Å²) < 4.78 is 6.16. The second kappa shape index (κ2) is 6.19. The maximum atomic E-state index is 11.2. The fourth-order valence-corrected chi connectivity index (χ4v) is 2.17. The maximum absolute atomic E-state index is 11.2. The zero-order valence-electron chi connectivity index (χ0n) is 8.09. The van der Waals surface area contributed by atoms with E-state index in [-0.39, 0.29) is 5.97 Å². The van der Waals surface area contributed by atoms with Gasteiger partial charge in [-0.15, -0.1) is 11.3 Å². The molecular formula is C10H13BrO2S. The minimum Gasteiger partial charge on any atom is -0.461 e. The molecule has 78 valence electrons. The van der Waals surface area contributed by atoms with Crippen molar-refractivity contribution < 1.29 is 9.53 Å². The molecule has 0 aliphatic rings. The lowest BCUT2D eigenvalue weighted by molar-refractivity contribution is -0.145. The number of carbonyl (C=O) groups is 1. The molecule has 0 N–H and O–H groups in total. The van der Waals surface area contributed by atoms with Gasteiger partial charge in [-0.3, -0.25) is 4.79 Å². The third-order valence-corrected chi connectivity index (χ3v) is 3.31. The Hall–Kier alpha value is -0.350. The van der Waals surface area contributed by atoms with Gasteiger partial charge >= 0.3 is 5.97 Å². The van der Waals surface area contributed by atoms with Gasteiger partial charge in [0.25, 0.3) is 0 Å². The molecule has 0 aromatic carbocycles. The molecule has 0 spiro atoms.